The van der Waals surface area contributed by atoms with Crippen LogP contribution in [0.3, 0.4) is 0 Å². The van der Waals surface area contributed by atoms with E-state index in [-0.39, 0.29) is 24.8 Å². The first-order chi connectivity index (χ1) is 9.69. The number of carbonyl (C=O) groups is 2. The molecule has 2 aromatic carbocycles. The van der Waals surface area contributed by atoms with Crippen molar-refractivity contribution in [2.24, 2.45) is 0 Å². The maximum atomic E-state index is 11.8. The number of rotatable bonds is 5. The third-order valence-corrected chi connectivity index (χ3v) is 3.00. The molecule has 104 valence electrons. The SMILES string of the molecule is CCNC(=O)CNC(=O)Cc1ccc2ccccc2c1. The van der Waals surface area contributed by atoms with Crippen molar-refractivity contribution >= 4 is 22.6 Å². The Hall–Kier alpha value is -2.36. The molecular weight excluding hydrogens is 252 g/mol. The quantitative estimate of drug-likeness (QED) is 0.867. The van der Waals surface area contributed by atoms with Crippen molar-refractivity contribution in [2.45, 2.75) is 13.3 Å². The molecule has 0 spiro atoms. The number of hydrogen-bond donors (Lipinski definition) is 2. The average molecular weight is 270 g/mol. The van der Waals surface area contributed by atoms with E-state index in [4.69, 9.17) is 0 Å². The molecule has 2 aromatic rings. The Bertz CT molecular complexity index is 623. The van der Waals surface area contributed by atoms with Crippen molar-refractivity contribution in [1.29, 1.82) is 0 Å². The van der Waals surface area contributed by atoms with Crippen molar-refractivity contribution in [3.8, 4) is 0 Å². The summed E-state index contributed by atoms with van der Waals surface area (Å²) in [7, 11) is 0. The van der Waals surface area contributed by atoms with Crippen LogP contribution in [-0.4, -0.2) is 24.9 Å². The van der Waals surface area contributed by atoms with Crippen LogP contribution in [0.25, 0.3) is 10.8 Å². The third-order valence-electron chi connectivity index (χ3n) is 3.00. The molecule has 2 amide bonds. The van der Waals surface area contributed by atoms with Gasteiger partial charge in [0, 0.05) is 6.54 Å². The summed E-state index contributed by atoms with van der Waals surface area (Å²) in [4.78, 5) is 23.0. The number of hydrogen-bond acceptors (Lipinski definition) is 2. The maximum Gasteiger partial charge on any atom is 0.239 e. The van der Waals surface area contributed by atoms with E-state index in [0.717, 1.165) is 16.3 Å². The third kappa shape index (κ3) is 3.82. The largest absolute Gasteiger partial charge is 0.355 e. The minimum atomic E-state index is -0.167. The molecule has 0 atom stereocenters. The fourth-order valence-electron chi connectivity index (χ4n) is 2.04. The van der Waals surface area contributed by atoms with Gasteiger partial charge in [0.05, 0.1) is 13.0 Å². The summed E-state index contributed by atoms with van der Waals surface area (Å²) in [5.74, 6) is -0.314. The standard InChI is InChI=1S/C16H18N2O2/c1-2-17-16(20)11-18-15(19)10-12-7-8-13-5-3-4-6-14(13)9-12/h3-9H,2,10-11H2,1H3,(H,17,20)(H,18,19). The Balaban J connectivity index is 1.94. The Morgan fingerprint density at radius 1 is 0.950 bits per heavy atom. The highest BCUT2D eigenvalue weighted by Gasteiger charge is 2.06. The zero-order valence-electron chi connectivity index (χ0n) is 11.5. The number of likely N-dealkylation sites (N-methyl/N-ethyl adjacent to an activating group) is 1. The fraction of sp³-hybridized carbons (Fsp3) is 0.250. The van der Waals surface area contributed by atoms with Crippen molar-refractivity contribution in [3.05, 3.63) is 48.0 Å². The van der Waals surface area contributed by atoms with Gasteiger partial charge in [-0.15, -0.1) is 0 Å². The Morgan fingerprint density at radius 2 is 1.70 bits per heavy atom. The molecule has 0 aliphatic rings. The van der Waals surface area contributed by atoms with E-state index >= 15 is 0 Å². The average Bonchev–Trinajstić information content (AvgIpc) is 2.45. The van der Waals surface area contributed by atoms with Crippen molar-refractivity contribution in [2.75, 3.05) is 13.1 Å². The van der Waals surface area contributed by atoms with Gasteiger partial charge >= 0.3 is 0 Å². The first kappa shape index (κ1) is 14.1. The van der Waals surface area contributed by atoms with Crippen molar-refractivity contribution in [1.82, 2.24) is 10.6 Å². The summed E-state index contributed by atoms with van der Waals surface area (Å²) in [6.07, 6.45) is 0.282. The number of nitrogens with one attached hydrogen (secondary N) is 2. The summed E-state index contributed by atoms with van der Waals surface area (Å²) >= 11 is 0. The van der Waals surface area contributed by atoms with E-state index in [1.807, 2.05) is 49.4 Å². The van der Waals surface area contributed by atoms with Crippen molar-refractivity contribution in [3.63, 3.8) is 0 Å². The maximum absolute atomic E-state index is 11.8. The van der Waals surface area contributed by atoms with E-state index < -0.39 is 0 Å². The van der Waals surface area contributed by atoms with E-state index in [1.54, 1.807) is 0 Å². The Morgan fingerprint density at radius 3 is 2.45 bits per heavy atom. The zero-order chi connectivity index (χ0) is 14.4. The van der Waals surface area contributed by atoms with Gasteiger partial charge in [-0.1, -0.05) is 42.5 Å². The molecule has 0 saturated carbocycles. The molecule has 2 rings (SSSR count). The lowest BCUT2D eigenvalue weighted by Gasteiger charge is -2.06. The molecule has 20 heavy (non-hydrogen) atoms. The summed E-state index contributed by atoms with van der Waals surface area (Å²) in [5, 5.41) is 7.51. The normalized spacial score (nSPS) is 10.2. The van der Waals surface area contributed by atoms with Crippen LogP contribution in [0.15, 0.2) is 42.5 Å². The molecular formula is C16H18N2O2. The minimum absolute atomic E-state index is 0.0280. The molecule has 0 aliphatic heterocycles. The van der Waals surface area contributed by atoms with E-state index in [1.165, 1.54) is 0 Å². The van der Waals surface area contributed by atoms with Crippen LogP contribution in [0, 0.1) is 0 Å². The molecule has 0 saturated heterocycles. The lowest BCUT2D eigenvalue weighted by atomic mass is 10.1. The van der Waals surface area contributed by atoms with Crippen LogP contribution in [0.5, 0.6) is 0 Å². The molecule has 4 nitrogen and oxygen atoms in total. The molecule has 0 unspecified atom stereocenters. The highest BCUT2D eigenvalue weighted by molar-refractivity contribution is 5.87. The number of fused-ring (bicyclic) bond motifs is 1. The number of carbonyl (C=O) groups excluding carboxylic acids is 2. The second kappa shape index (κ2) is 6.70. The van der Waals surface area contributed by atoms with Gasteiger partial charge in [0.1, 0.15) is 0 Å². The molecule has 0 aliphatic carbocycles. The van der Waals surface area contributed by atoms with E-state index in [2.05, 4.69) is 10.6 Å². The van der Waals surface area contributed by atoms with Crippen LogP contribution < -0.4 is 10.6 Å². The summed E-state index contributed by atoms with van der Waals surface area (Å²) in [5.41, 5.74) is 0.942. The van der Waals surface area contributed by atoms with Gasteiger partial charge in [-0.2, -0.15) is 0 Å². The summed E-state index contributed by atoms with van der Waals surface area (Å²) in [6, 6.07) is 14.0. The molecule has 0 radical (unpaired) electrons. The topological polar surface area (TPSA) is 58.2 Å². The lowest BCUT2D eigenvalue weighted by molar-refractivity contribution is -0.125. The van der Waals surface area contributed by atoms with Crippen LogP contribution in [0.1, 0.15) is 12.5 Å². The van der Waals surface area contributed by atoms with E-state index in [0.29, 0.717) is 6.54 Å². The zero-order valence-corrected chi connectivity index (χ0v) is 11.5. The van der Waals surface area contributed by atoms with E-state index in [9.17, 15) is 9.59 Å². The Kier molecular flexibility index (Phi) is 4.71. The van der Waals surface area contributed by atoms with Gasteiger partial charge < -0.3 is 10.6 Å². The van der Waals surface area contributed by atoms with Crippen LogP contribution >= 0.6 is 0 Å². The minimum Gasteiger partial charge on any atom is -0.355 e. The second-order valence-corrected chi connectivity index (χ2v) is 4.59. The van der Waals surface area contributed by atoms with Crippen LogP contribution in [-0.2, 0) is 16.0 Å². The number of benzene rings is 2. The monoisotopic (exact) mass is 270 g/mol. The van der Waals surface area contributed by atoms with Gasteiger partial charge in [-0.3, -0.25) is 9.59 Å². The predicted octanol–water partition coefficient (Wildman–Crippen LogP) is 1.63. The lowest BCUT2D eigenvalue weighted by Crippen LogP contribution is -2.37. The summed E-state index contributed by atoms with van der Waals surface area (Å²) < 4.78 is 0. The molecule has 2 N–H and O–H groups in total. The van der Waals surface area contributed by atoms with Gasteiger partial charge in [0.2, 0.25) is 11.8 Å². The van der Waals surface area contributed by atoms with Gasteiger partial charge in [0.25, 0.3) is 0 Å². The molecule has 0 heterocycles. The number of amides is 2. The van der Waals surface area contributed by atoms with Crippen molar-refractivity contribution < 1.29 is 9.59 Å². The summed E-state index contributed by atoms with van der Waals surface area (Å²) in [6.45, 7) is 2.44. The smallest absolute Gasteiger partial charge is 0.239 e. The molecule has 4 heteroatoms. The molecule has 0 bridgehead atoms. The highest BCUT2D eigenvalue weighted by atomic mass is 16.2. The van der Waals surface area contributed by atoms with Gasteiger partial charge in [0.15, 0.2) is 0 Å². The first-order valence-electron chi connectivity index (χ1n) is 6.70. The van der Waals surface area contributed by atoms with Crippen LogP contribution in [0.4, 0.5) is 0 Å². The second-order valence-electron chi connectivity index (χ2n) is 4.59. The predicted molar refractivity (Wildman–Crippen MR) is 79.3 cm³/mol. The Labute approximate surface area is 118 Å². The molecule has 0 fully saturated rings. The first-order valence-corrected chi connectivity index (χ1v) is 6.70. The van der Waals surface area contributed by atoms with Gasteiger partial charge in [-0.05, 0) is 23.3 Å². The molecule has 0 aromatic heterocycles. The fourth-order valence-corrected chi connectivity index (χ4v) is 2.04. The van der Waals surface area contributed by atoms with Gasteiger partial charge in [-0.25, -0.2) is 0 Å². The van der Waals surface area contributed by atoms with Crippen LogP contribution in [0.2, 0.25) is 0 Å². The highest BCUT2D eigenvalue weighted by Crippen LogP contribution is 2.15.